The van der Waals surface area contributed by atoms with Gasteiger partial charge < -0.3 is 10.1 Å². The van der Waals surface area contributed by atoms with Crippen molar-refractivity contribution in [3.63, 3.8) is 0 Å². The molecule has 0 aliphatic carbocycles. The standard InChI is InChI=1S/C12H24F3NO/c1-10(2,3)16-8-11(4,5)9-17-7-6-12(13,14)15/h16H,6-9H2,1-5H3. The van der Waals surface area contributed by atoms with Gasteiger partial charge in [-0.3, -0.25) is 0 Å². The molecule has 17 heavy (non-hydrogen) atoms. The molecule has 0 unspecified atom stereocenters. The quantitative estimate of drug-likeness (QED) is 0.735. The van der Waals surface area contributed by atoms with E-state index in [0.29, 0.717) is 13.2 Å². The van der Waals surface area contributed by atoms with Crippen molar-refractivity contribution in [2.75, 3.05) is 19.8 Å². The summed E-state index contributed by atoms with van der Waals surface area (Å²) in [6.45, 7) is 10.9. The minimum atomic E-state index is -4.13. The monoisotopic (exact) mass is 255 g/mol. The van der Waals surface area contributed by atoms with Crippen LogP contribution in [0.2, 0.25) is 0 Å². The third kappa shape index (κ3) is 12.0. The Morgan fingerprint density at radius 3 is 1.94 bits per heavy atom. The fourth-order valence-electron chi connectivity index (χ4n) is 1.09. The summed E-state index contributed by atoms with van der Waals surface area (Å²) in [6, 6.07) is 0. The van der Waals surface area contributed by atoms with Crippen molar-refractivity contribution in [2.24, 2.45) is 5.41 Å². The lowest BCUT2D eigenvalue weighted by atomic mass is 9.93. The zero-order chi connectivity index (χ0) is 13.7. The molecule has 5 heteroatoms. The van der Waals surface area contributed by atoms with E-state index in [0.717, 1.165) is 0 Å². The second-order valence-electron chi connectivity index (χ2n) is 6.19. The van der Waals surface area contributed by atoms with E-state index in [2.05, 4.69) is 5.32 Å². The van der Waals surface area contributed by atoms with Crippen LogP contribution < -0.4 is 5.32 Å². The van der Waals surface area contributed by atoms with Gasteiger partial charge in [0.15, 0.2) is 0 Å². The summed E-state index contributed by atoms with van der Waals surface area (Å²) in [5, 5.41) is 3.32. The predicted octanol–water partition coefficient (Wildman–Crippen LogP) is 3.37. The van der Waals surface area contributed by atoms with Gasteiger partial charge in [0.25, 0.3) is 0 Å². The fraction of sp³-hybridized carbons (Fsp3) is 1.00. The van der Waals surface area contributed by atoms with E-state index in [1.807, 2.05) is 34.6 Å². The molecule has 0 aromatic rings. The van der Waals surface area contributed by atoms with E-state index in [-0.39, 0.29) is 17.6 Å². The Balaban J connectivity index is 3.79. The van der Waals surface area contributed by atoms with E-state index in [9.17, 15) is 13.2 Å². The Hall–Kier alpha value is -0.290. The molecule has 104 valence electrons. The smallest absolute Gasteiger partial charge is 0.380 e. The van der Waals surface area contributed by atoms with E-state index in [1.54, 1.807) is 0 Å². The summed E-state index contributed by atoms with van der Waals surface area (Å²) in [4.78, 5) is 0. The zero-order valence-corrected chi connectivity index (χ0v) is 11.4. The van der Waals surface area contributed by atoms with Crippen LogP contribution in [0.1, 0.15) is 41.0 Å². The topological polar surface area (TPSA) is 21.3 Å². The molecular weight excluding hydrogens is 231 g/mol. The molecule has 0 aromatic carbocycles. The van der Waals surface area contributed by atoms with Crippen LogP contribution in [0.15, 0.2) is 0 Å². The lowest BCUT2D eigenvalue weighted by Gasteiger charge is -2.30. The van der Waals surface area contributed by atoms with E-state index in [1.165, 1.54) is 0 Å². The number of ether oxygens (including phenoxy) is 1. The Morgan fingerprint density at radius 1 is 1.00 bits per heavy atom. The molecule has 0 spiro atoms. The van der Waals surface area contributed by atoms with Crippen molar-refractivity contribution in [2.45, 2.75) is 52.8 Å². The van der Waals surface area contributed by atoms with Gasteiger partial charge in [-0.2, -0.15) is 13.2 Å². The normalized spacial score (nSPS) is 14.1. The van der Waals surface area contributed by atoms with Gasteiger partial charge in [0.05, 0.1) is 19.6 Å². The molecule has 0 aliphatic rings. The molecule has 0 rings (SSSR count). The highest BCUT2D eigenvalue weighted by Crippen LogP contribution is 2.20. The number of hydrogen-bond donors (Lipinski definition) is 1. The number of nitrogens with one attached hydrogen (secondary N) is 1. The summed E-state index contributed by atoms with van der Waals surface area (Å²) in [5.74, 6) is 0. The lowest BCUT2D eigenvalue weighted by molar-refractivity contribution is -0.147. The van der Waals surface area contributed by atoms with Crippen LogP contribution in [0.25, 0.3) is 0 Å². The summed E-state index contributed by atoms with van der Waals surface area (Å²) < 4.78 is 40.7. The van der Waals surface area contributed by atoms with Gasteiger partial charge in [-0.25, -0.2) is 0 Å². The van der Waals surface area contributed by atoms with Crippen LogP contribution in [0.3, 0.4) is 0 Å². The summed E-state index contributed by atoms with van der Waals surface area (Å²) in [7, 11) is 0. The molecule has 0 bridgehead atoms. The summed E-state index contributed by atoms with van der Waals surface area (Å²) in [5.41, 5.74) is -0.165. The highest BCUT2D eigenvalue weighted by atomic mass is 19.4. The van der Waals surface area contributed by atoms with Crippen LogP contribution in [0, 0.1) is 5.41 Å². The van der Waals surface area contributed by atoms with Crippen molar-refractivity contribution < 1.29 is 17.9 Å². The minimum absolute atomic E-state index is 0.00321. The zero-order valence-electron chi connectivity index (χ0n) is 11.4. The first-order chi connectivity index (χ1) is 7.41. The van der Waals surface area contributed by atoms with Crippen molar-refractivity contribution in [3.8, 4) is 0 Å². The Labute approximate surface area is 102 Å². The largest absolute Gasteiger partial charge is 0.391 e. The van der Waals surface area contributed by atoms with Crippen LogP contribution >= 0.6 is 0 Å². The Kier molecular flexibility index (Phi) is 5.94. The first-order valence-electron chi connectivity index (χ1n) is 5.81. The second-order valence-corrected chi connectivity index (χ2v) is 6.19. The summed E-state index contributed by atoms with van der Waals surface area (Å²) >= 11 is 0. The highest BCUT2D eigenvalue weighted by Gasteiger charge is 2.27. The first-order valence-corrected chi connectivity index (χ1v) is 5.81. The molecule has 0 fully saturated rings. The van der Waals surface area contributed by atoms with Gasteiger partial charge in [0.2, 0.25) is 0 Å². The van der Waals surface area contributed by atoms with Gasteiger partial charge in [-0.15, -0.1) is 0 Å². The molecule has 0 heterocycles. The molecule has 1 N–H and O–H groups in total. The van der Waals surface area contributed by atoms with Crippen molar-refractivity contribution >= 4 is 0 Å². The minimum Gasteiger partial charge on any atom is -0.380 e. The Morgan fingerprint density at radius 2 is 1.53 bits per heavy atom. The van der Waals surface area contributed by atoms with Gasteiger partial charge in [0.1, 0.15) is 0 Å². The molecule has 0 saturated carbocycles. The maximum atomic E-state index is 11.9. The van der Waals surface area contributed by atoms with Crippen molar-refractivity contribution in [1.82, 2.24) is 5.32 Å². The third-order valence-electron chi connectivity index (χ3n) is 2.12. The molecule has 0 atom stereocenters. The van der Waals surface area contributed by atoms with E-state index >= 15 is 0 Å². The third-order valence-corrected chi connectivity index (χ3v) is 2.12. The number of halogens is 3. The SMILES string of the molecule is CC(C)(CNC(C)(C)C)COCCC(F)(F)F. The van der Waals surface area contributed by atoms with E-state index < -0.39 is 12.6 Å². The molecular formula is C12H24F3NO. The molecule has 0 aromatic heterocycles. The molecule has 0 amide bonds. The maximum absolute atomic E-state index is 11.9. The average molecular weight is 255 g/mol. The second kappa shape index (κ2) is 6.05. The molecule has 0 aliphatic heterocycles. The number of alkyl halides is 3. The van der Waals surface area contributed by atoms with Crippen molar-refractivity contribution in [3.05, 3.63) is 0 Å². The van der Waals surface area contributed by atoms with Gasteiger partial charge in [0, 0.05) is 17.5 Å². The van der Waals surface area contributed by atoms with Crippen molar-refractivity contribution in [1.29, 1.82) is 0 Å². The van der Waals surface area contributed by atoms with Gasteiger partial charge in [-0.1, -0.05) is 13.8 Å². The number of hydrogen-bond acceptors (Lipinski definition) is 2. The average Bonchev–Trinajstić information content (AvgIpc) is 2.07. The maximum Gasteiger partial charge on any atom is 0.391 e. The van der Waals surface area contributed by atoms with Crippen LogP contribution in [-0.4, -0.2) is 31.5 Å². The molecule has 0 radical (unpaired) electrons. The van der Waals surface area contributed by atoms with Crippen LogP contribution in [0.4, 0.5) is 13.2 Å². The Bertz CT molecular complexity index is 219. The van der Waals surface area contributed by atoms with Crippen LogP contribution in [-0.2, 0) is 4.74 Å². The fourth-order valence-corrected chi connectivity index (χ4v) is 1.09. The highest BCUT2D eigenvalue weighted by molar-refractivity contribution is 4.77. The van der Waals surface area contributed by atoms with Gasteiger partial charge in [-0.05, 0) is 20.8 Å². The van der Waals surface area contributed by atoms with Crippen LogP contribution in [0.5, 0.6) is 0 Å². The lowest BCUT2D eigenvalue weighted by Crippen LogP contribution is -2.43. The van der Waals surface area contributed by atoms with E-state index in [4.69, 9.17) is 4.74 Å². The van der Waals surface area contributed by atoms with Gasteiger partial charge >= 0.3 is 6.18 Å². The molecule has 0 saturated heterocycles. The first kappa shape index (κ1) is 16.7. The molecule has 2 nitrogen and oxygen atoms in total. The summed E-state index contributed by atoms with van der Waals surface area (Å²) in [6.07, 6.45) is -5.01. The number of rotatable bonds is 6. The predicted molar refractivity (Wildman–Crippen MR) is 63.0 cm³/mol.